The third kappa shape index (κ3) is 2.20. The van der Waals surface area contributed by atoms with E-state index in [0.717, 1.165) is 17.9 Å². The Labute approximate surface area is 123 Å². The number of rotatable bonds is 4. The minimum Gasteiger partial charge on any atom is -0.313 e. The van der Waals surface area contributed by atoms with Gasteiger partial charge in [-0.15, -0.1) is 0 Å². The summed E-state index contributed by atoms with van der Waals surface area (Å²) >= 11 is 0. The maximum Gasteiger partial charge on any atom is 0.0130 e. The first-order valence-electron chi connectivity index (χ1n) is 8.60. The van der Waals surface area contributed by atoms with Crippen LogP contribution in [0.5, 0.6) is 0 Å². The van der Waals surface area contributed by atoms with E-state index in [1.165, 1.54) is 51.5 Å². The van der Waals surface area contributed by atoms with E-state index in [4.69, 9.17) is 0 Å². The molecule has 0 spiro atoms. The molecule has 1 nitrogen and oxygen atoms in total. The third-order valence-electron chi connectivity index (χ3n) is 6.43. The van der Waals surface area contributed by atoms with Crippen molar-refractivity contribution in [2.75, 3.05) is 6.54 Å². The van der Waals surface area contributed by atoms with Gasteiger partial charge in [-0.3, -0.25) is 0 Å². The predicted molar refractivity (Wildman–Crippen MR) is 83.8 cm³/mol. The molecule has 2 unspecified atom stereocenters. The van der Waals surface area contributed by atoms with Gasteiger partial charge >= 0.3 is 0 Å². The number of hydrogen-bond acceptors (Lipinski definition) is 1. The molecular weight excluding hydrogens is 242 g/mol. The van der Waals surface area contributed by atoms with Gasteiger partial charge in [0.25, 0.3) is 0 Å². The van der Waals surface area contributed by atoms with Crippen molar-refractivity contribution in [1.29, 1.82) is 0 Å². The summed E-state index contributed by atoms with van der Waals surface area (Å²) in [7, 11) is 0. The number of hydrogen-bond donors (Lipinski definition) is 1. The summed E-state index contributed by atoms with van der Waals surface area (Å²) in [6.07, 6.45) is 9.78. The molecule has 1 N–H and O–H groups in total. The average molecular weight is 269 g/mol. The minimum atomic E-state index is 0.679. The highest BCUT2D eigenvalue weighted by Gasteiger charge is 2.44. The van der Waals surface area contributed by atoms with Crippen molar-refractivity contribution in [3.8, 4) is 0 Å². The van der Waals surface area contributed by atoms with Crippen LogP contribution in [0.15, 0.2) is 24.3 Å². The summed E-state index contributed by atoms with van der Waals surface area (Å²) in [5, 5.41) is 4.01. The first kappa shape index (κ1) is 12.9. The van der Waals surface area contributed by atoms with E-state index < -0.39 is 0 Å². The normalized spacial score (nSPS) is 33.5. The fourth-order valence-corrected chi connectivity index (χ4v) is 4.65. The predicted octanol–water partition coefficient (Wildman–Crippen LogP) is 3.96. The molecule has 0 saturated heterocycles. The van der Waals surface area contributed by atoms with E-state index >= 15 is 0 Å². The molecule has 0 radical (unpaired) electrons. The first-order valence-corrected chi connectivity index (χ1v) is 8.60. The average Bonchev–Trinajstić information content (AvgIpc) is 3.17. The number of benzene rings is 1. The topological polar surface area (TPSA) is 12.0 Å². The molecule has 0 heterocycles. The lowest BCUT2D eigenvalue weighted by Crippen LogP contribution is -2.41. The maximum atomic E-state index is 4.01. The molecule has 2 fully saturated rings. The molecule has 4 rings (SSSR count). The molecule has 1 heteroatoms. The van der Waals surface area contributed by atoms with Crippen LogP contribution in [0.25, 0.3) is 0 Å². The zero-order valence-corrected chi connectivity index (χ0v) is 12.7. The van der Waals surface area contributed by atoms with Crippen LogP contribution in [0.3, 0.4) is 0 Å². The largest absolute Gasteiger partial charge is 0.313 e. The molecular formula is C19H27N. The zero-order valence-electron chi connectivity index (χ0n) is 12.7. The zero-order chi connectivity index (χ0) is 13.6. The molecule has 108 valence electrons. The fraction of sp³-hybridized carbons (Fsp3) is 0.684. The lowest BCUT2D eigenvalue weighted by atomic mass is 9.94. The first-order chi connectivity index (χ1) is 9.80. The van der Waals surface area contributed by atoms with E-state index in [-0.39, 0.29) is 0 Å². The van der Waals surface area contributed by atoms with Gasteiger partial charge in [-0.25, -0.2) is 0 Å². The summed E-state index contributed by atoms with van der Waals surface area (Å²) < 4.78 is 0. The quantitative estimate of drug-likeness (QED) is 0.872. The third-order valence-corrected chi connectivity index (χ3v) is 6.43. The van der Waals surface area contributed by atoms with Crippen molar-refractivity contribution in [1.82, 2.24) is 5.32 Å². The van der Waals surface area contributed by atoms with Gasteiger partial charge in [0.05, 0.1) is 0 Å². The van der Waals surface area contributed by atoms with Crippen LogP contribution in [0.2, 0.25) is 0 Å². The molecule has 0 aliphatic heterocycles. The monoisotopic (exact) mass is 269 g/mol. The second kappa shape index (κ2) is 4.87. The van der Waals surface area contributed by atoms with Gasteiger partial charge in [0, 0.05) is 12.6 Å². The molecule has 2 atom stereocenters. The molecule has 0 aromatic heterocycles. The molecule has 1 aromatic rings. The summed E-state index contributed by atoms with van der Waals surface area (Å²) in [6.45, 7) is 3.64. The van der Waals surface area contributed by atoms with Crippen LogP contribution in [0.1, 0.15) is 50.2 Å². The van der Waals surface area contributed by atoms with Crippen LogP contribution in [-0.4, -0.2) is 12.6 Å². The Morgan fingerprint density at radius 2 is 1.65 bits per heavy atom. The van der Waals surface area contributed by atoms with E-state index in [1.54, 1.807) is 11.1 Å². The molecule has 2 bridgehead atoms. The Morgan fingerprint density at radius 1 is 1.05 bits per heavy atom. The van der Waals surface area contributed by atoms with Crippen molar-refractivity contribution in [2.24, 2.45) is 17.3 Å². The van der Waals surface area contributed by atoms with Crippen LogP contribution < -0.4 is 5.32 Å². The van der Waals surface area contributed by atoms with Crippen LogP contribution in [-0.2, 0) is 12.8 Å². The summed E-state index contributed by atoms with van der Waals surface area (Å²) in [4.78, 5) is 0. The lowest BCUT2D eigenvalue weighted by Gasteiger charge is -2.26. The standard InChI is InChI=1S/C19H27N/c1-2-19(9-10-19)13-20-18-16-7-8-17(18)12-15-6-4-3-5-14(15)11-16/h3-6,16-18,20H,2,7-13H2,1H3. The Morgan fingerprint density at radius 3 is 2.15 bits per heavy atom. The van der Waals surface area contributed by atoms with E-state index in [0.29, 0.717) is 5.41 Å². The Hall–Kier alpha value is -0.820. The Bertz CT molecular complexity index is 455. The summed E-state index contributed by atoms with van der Waals surface area (Å²) in [6, 6.07) is 9.95. The highest BCUT2D eigenvalue weighted by Crippen LogP contribution is 2.49. The maximum absolute atomic E-state index is 4.01. The summed E-state index contributed by atoms with van der Waals surface area (Å²) in [5.74, 6) is 1.77. The van der Waals surface area contributed by atoms with E-state index in [2.05, 4.69) is 36.5 Å². The van der Waals surface area contributed by atoms with Crippen molar-refractivity contribution >= 4 is 0 Å². The van der Waals surface area contributed by atoms with Gasteiger partial charge in [-0.1, -0.05) is 31.2 Å². The van der Waals surface area contributed by atoms with Gasteiger partial charge in [-0.2, -0.15) is 0 Å². The van der Waals surface area contributed by atoms with E-state index in [9.17, 15) is 0 Å². The van der Waals surface area contributed by atoms with Crippen molar-refractivity contribution < 1.29 is 0 Å². The van der Waals surface area contributed by atoms with Crippen LogP contribution in [0.4, 0.5) is 0 Å². The molecule has 3 aliphatic rings. The molecule has 2 saturated carbocycles. The molecule has 1 aromatic carbocycles. The molecule has 0 amide bonds. The Balaban J connectivity index is 1.49. The highest BCUT2D eigenvalue weighted by atomic mass is 15.0. The highest BCUT2D eigenvalue weighted by molar-refractivity contribution is 5.30. The Kier molecular flexibility index (Phi) is 3.14. The smallest absolute Gasteiger partial charge is 0.0130 e. The van der Waals surface area contributed by atoms with Crippen molar-refractivity contribution in [3.63, 3.8) is 0 Å². The summed E-state index contributed by atoms with van der Waals surface area (Å²) in [5.41, 5.74) is 3.93. The van der Waals surface area contributed by atoms with Crippen LogP contribution in [0, 0.1) is 17.3 Å². The van der Waals surface area contributed by atoms with Crippen LogP contribution >= 0.6 is 0 Å². The second-order valence-corrected chi connectivity index (χ2v) is 7.53. The molecule has 3 aliphatic carbocycles. The number of fused-ring (bicyclic) bond motifs is 3. The van der Waals surface area contributed by atoms with Gasteiger partial charge in [0.15, 0.2) is 0 Å². The van der Waals surface area contributed by atoms with Crippen molar-refractivity contribution in [3.05, 3.63) is 35.4 Å². The van der Waals surface area contributed by atoms with Gasteiger partial charge in [0.2, 0.25) is 0 Å². The lowest BCUT2D eigenvalue weighted by molar-refractivity contribution is 0.307. The fourth-order valence-electron chi connectivity index (χ4n) is 4.65. The second-order valence-electron chi connectivity index (χ2n) is 7.53. The van der Waals surface area contributed by atoms with Crippen molar-refractivity contribution in [2.45, 2.75) is 57.9 Å². The SMILES string of the molecule is CCC1(CNC2C3CCC2Cc2ccccc2C3)CC1. The number of nitrogens with one attached hydrogen (secondary N) is 1. The minimum absolute atomic E-state index is 0.679. The van der Waals surface area contributed by atoms with Gasteiger partial charge in [0.1, 0.15) is 0 Å². The molecule has 20 heavy (non-hydrogen) atoms. The van der Waals surface area contributed by atoms with E-state index in [1.807, 2.05) is 0 Å². The van der Waals surface area contributed by atoms with Gasteiger partial charge < -0.3 is 5.32 Å². The van der Waals surface area contributed by atoms with Gasteiger partial charge in [-0.05, 0) is 73.3 Å².